The topological polar surface area (TPSA) is 12.0 Å². The van der Waals surface area contributed by atoms with Crippen LogP contribution in [-0.4, -0.2) is 12.6 Å². The molecule has 1 heteroatoms. The summed E-state index contributed by atoms with van der Waals surface area (Å²) in [6.07, 6.45) is 8.96. The average Bonchev–Trinajstić information content (AvgIpc) is 2.27. The summed E-state index contributed by atoms with van der Waals surface area (Å²) in [5.74, 6) is 0.854. The van der Waals surface area contributed by atoms with Crippen molar-refractivity contribution in [1.29, 1.82) is 0 Å². The van der Waals surface area contributed by atoms with E-state index in [0.717, 1.165) is 18.5 Å². The summed E-state index contributed by atoms with van der Waals surface area (Å²) in [6.45, 7) is 7.07. The van der Waals surface area contributed by atoms with Gasteiger partial charge in [0.25, 0.3) is 0 Å². The summed E-state index contributed by atoms with van der Waals surface area (Å²) in [4.78, 5) is 0. The van der Waals surface area contributed by atoms with Crippen molar-refractivity contribution in [3.8, 4) is 0 Å². The summed E-state index contributed by atoms with van der Waals surface area (Å²) >= 11 is 0. The van der Waals surface area contributed by atoms with Crippen LogP contribution in [0.15, 0.2) is 12.7 Å². The number of hydrogen-bond acceptors (Lipinski definition) is 1. The molecule has 1 N–H and O–H groups in total. The molecule has 0 radical (unpaired) electrons. The van der Waals surface area contributed by atoms with Gasteiger partial charge in [-0.1, -0.05) is 32.3 Å². The summed E-state index contributed by atoms with van der Waals surface area (Å²) in [6, 6.07) is 0.741. The van der Waals surface area contributed by atoms with Gasteiger partial charge in [0.15, 0.2) is 0 Å². The molecule has 1 nitrogen and oxygen atoms in total. The monoisotopic (exact) mass is 167 g/mol. The summed E-state index contributed by atoms with van der Waals surface area (Å²) < 4.78 is 0. The van der Waals surface area contributed by atoms with Crippen LogP contribution in [0.4, 0.5) is 0 Å². The van der Waals surface area contributed by atoms with E-state index < -0.39 is 0 Å². The third kappa shape index (κ3) is 2.98. The first-order valence-corrected chi connectivity index (χ1v) is 5.19. The molecule has 0 aromatic carbocycles. The fraction of sp³-hybridized carbons (Fsp3) is 0.818. The van der Waals surface area contributed by atoms with E-state index in [1.165, 1.54) is 32.1 Å². The molecule has 0 saturated heterocycles. The molecule has 1 aliphatic carbocycles. The summed E-state index contributed by atoms with van der Waals surface area (Å²) in [5, 5.41) is 3.54. The smallest absolute Gasteiger partial charge is 0.0134 e. The van der Waals surface area contributed by atoms with E-state index in [9.17, 15) is 0 Å². The highest BCUT2D eigenvalue weighted by atomic mass is 14.9. The molecule has 1 aliphatic rings. The van der Waals surface area contributed by atoms with Crippen molar-refractivity contribution in [3.63, 3.8) is 0 Å². The van der Waals surface area contributed by atoms with Crippen LogP contribution in [-0.2, 0) is 0 Å². The highest BCUT2D eigenvalue weighted by molar-refractivity contribution is 4.80. The van der Waals surface area contributed by atoms with Crippen LogP contribution in [0.3, 0.4) is 0 Å². The second-order valence-corrected chi connectivity index (χ2v) is 3.92. The van der Waals surface area contributed by atoms with E-state index in [1.807, 2.05) is 6.08 Å². The molecule has 0 aliphatic heterocycles. The Bertz CT molecular complexity index is 131. The molecule has 12 heavy (non-hydrogen) atoms. The first-order valence-electron chi connectivity index (χ1n) is 5.19. The zero-order valence-corrected chi connectivity index (χ0v) is 8.18. The van der Waals surface area contributed by atoms with Gasteiger partial charge in [-0.2, -0.15) is 0 Å². The summed E-state index contributed by atoms with van der Waals surface area (Å²) in [5.41, 5.74) is 0. The molecule has 0 aromatic heterocycles. The van der Waals surface area contributed by atoms with E-state index in [2.05, 4.69) is 18.8 Å². The lowest BCUT2D eigenvalue weighted by molar-refractivity contribution is 0.369. The maximum absolute atomic E-state index is 3.73. The molecule has 0 aromatic rings. The van der Waals surface area contributed by atoms with Crippen molar-refractivity contribution in [2.75, 3.05) is 6.54 Å². The van der Waals surface area contributed by atoms with Crippen molar-refractivity contribution in [3.05, 3.63) is 12.7 Å². The van der Waals surface area contributed by atoms with Gasteiger partial charge in [-0.25, -0.2) is 0 Å². The minimum absolute atomic E-state index is 0.741. The van der Waals surface area contributed by atoms with Gasteiger partial charge >= 0.3 is 0 Å². The molecular formula is C11H21N. The van der Waals surface area contributed by atoms with Gasteiger partial charge in [0.1, 0.15) is 0 Å². The first-order chi connectivity index (χ1) is 5.84. The molecule has 70 valence electrons. The number of hydrogen-bond donors (Lipinski definition) is 1. The highest BCUT2D eigenvalue weighted by Crippen LogP contribution is 2.22. The second-order valence-electron chi connectivity index (χ2n) is 3.92. The van der Waals surface area contributed by atoms with Crippen molar-refractivity contribution < 1.29 is 0 Å². The van der Waals surface area contributed by atoms with Crippen molar-refractivity contribution >= 4 is 0 Å². The maximum Gasteiger partial charge on any atom is 0.0134 e. The Morgan fingerprint density at radius 1 is 1.33 bits per heavy atom. The van der Waals surface area contributed by atoms with Gasteiger partial charge in [-0.3, -0.25) is 0 Å². The molecular weight excluding hydrogens is 146 g/mol. The van der Waals surface area contributed by atoms with Crippen molar-refractivity contribution in [1.82, 2.24) is 5.32 Å². The molecule has 0 bridgehead atoms. The molecule has 1 fully saturated rings. The van der Waals surface area contributed by atoms with Crippen molar-refractivity contribution in [2.24, 2.45) is 5.92 Å². The van der Waals surface area contributed by atoms with Crippen LogP contribution >= 0.6 is 0 Å². The number of rotatable bonds is 3. The van der Waals surface area contributed by atoms with Crippen LogP contribution in [0.5, 0.6) is 0 Å². The van der Waals surface area contributed by atoms with Gasteiger partial charge in [-0.15, -0.1) is 6.58 Å². The lowest BCUT2D eigenvalue weighted by Crippen LogP contribution is -2.34. The first kappa shape index (κ1) is 9.79. The zero-order valence-electron chi connectivity index (χ0n) is 8.18. The summed E-state index contributed by atoms with van der Waals surface area (Å²) in [7, 11) is 0. The van der Waals surface area contributed by atoms with Crippen LogP contribution in [0.25, 0.3) is 0 Å². The third-order valence-electron chi connectivity index (χ3n) is 2.89. The predicted molar refractivity (Wildman–Crippen MR) is 54.2 cm³/mol. The van der Waals surface area contributed by atoms with E-state index >= 15 is 0 Å². The largest absolute Gasteiger partial charge is 0.310 e. The van der Waals surface area contributed by atoms with E-state index in [1.54, 1.807) is 0 Å². The third-order valence-corrected chi connectivity index (χ3v) is 2.89. The van der Waals surface area contributed by atoms with E-state index in [4.69, 9.17) is 0 Å². The van der Waals surface area contributed by atoms with E-state index in [0.29, 0.717) is 0 Å². The Morgan fingerprint density at radius 2 is 2.08 bits per heavy atom. The quantitative estimate of drug-likeness (QED) is 0.503. The SMILES string of the molecule is C=CCNC1CCCCCC1C. The molecule has 0 amide bonds. The van der Waals surface area contributed by atoms with Gasteiger partial charge < -0.3 is 5.32 Å². The molecule has 0 spiro atoms. The standard InChI is InChI=1S/C11H21N/c1-3-9-12-11-8-6-4-5-7-10(11)2/h3,10-12H,1,4-9H2,2H3. The van der Waals surface area contributed by atoms with Crippen LogP contribution in [0.1, 0.15) is 39.0 Å². The van der Waals surface area contributed by atoms with E-state index in [-0.39, 0.29) is 0 Å². The fourth-order valence-electron chi connectivity index (χ4n) is 2.03. The van der Waals surface area contributed by atoms with Crippen molar-refractivity contribution in [2.45, 2.75) is 45.1 Å². The van der Waals surface area contributed by atoms with Gasteiger partial charge in [0.05, 0.1) is 0 Å². The Morgan fingerprint density at radius 3 is 2.83 bits per heavy atom. The zero-order chi connectivity index (χ0) is 8.81. The lowest BCUT2D eigenvalue weighted by atomic mass is 9.97. The fourth-order valence-corrected chi connectivity index (χ4v) is 2.03. The van der Waals surface area contributed by atoms with Crippen LogP contribution in [0.2, 0.25) is 0 Å². The van der Waals surface area contributed by atoms with Gasteiger partial charge in [0.2, 0.25) is 0 Å². The molecule has 2 atom stereocenters. The molecule has 1 saturated carbocycles. The Kier molecular flexibility index (Phi) is 4.37. The molecule has 2 unspecified atom stereocenters. The molecule has 1 rings (SSSR count). The Labute approximate surface area is 76.2 Å². The average molecular weight is 167 g/mol. The maximum atomic E-state index is 3.73. The minimum Gasteiger partial charge on any atom is -0.310 e. The minimum atomic E-state index is 0.741. The number of nitrogens with one attached hydrogen (secondary N) is 1. The van der Waals surface area contributed by atoms with Gasteiger partial charge in [0, 0.05) is 12.6 Å². The Balaban J connectivity index is 2.31. The lowest BCUT2D eigenvalue weighted by Gasteiger charge is -2.21. The van der Waals surface area contributed by atoms with Gasteiger partial charge in [-0.05, 0) is 18.8 Å². The second kappa shape index (κ2) is 5.36. The Hall–Kier alpha value is -0.300. The molecule has 0 heterocycles. The highest BCUT2D eigenvalue weighted by Gasteiger charge is 2.18. The van der Waals surface area contributed by atoms with Crippen LogP contribution < -0.4 is 5.32 Å². The van der Waals surface area contributed by atoms with Crippen LogP contribution in [0, 0.1) is 5.92 Å². The predicted octanol–water partition coefficient (Wildman–Crippen LogP) is 2.73. The normalized spacial score (nSPS) is 31.1.